The van der Waals surface area contributed by atoms with Gasteiger partial charge in [0.05, 0.1) is 7.11 Å². The van der Waals surface area contributed by atoms with Crippen LogP contribution in [0.5, 0.6) is 5.75 Å². The van der Waals surface area contributed by atoms with Gasteiger partial charge in [-0.25, -0.2) is 4.39 Å². The largest absolute Gasteiger partial charge is 0.497 e. The van der Waals surface area contributed by atoms with E-state index in [1.807, 2.05) is 19.1 Å². The summed E-state index contributed by atoms with van der Waals surface area (Å²) in [4.78, 5) is 0. The molecule has 0 saturated carbocycles. The van der Waals surface area contributed by atoms with Gasteiger partial charge in [-0.3, -0.25) is 0 Å². The zero-order valence-corrected chi connectivity index (χ0v) is 8.38. The van der Waals surface area contributed by atoms with E-state index in [0.29, 0.717) is 12.3 Å². The van der Waals surface area contributed by atoms with E-state index in [1.165, 1.54) is 19.2 Å². The van der Waals surface area contributed by atoms with Crippen LogP contribution in [0.1, 0.15) is 6.92 Å². The van der Waals surface area contributed by atoms with E-state index < -0.39 is 0 Å². The molecule has 1 aromatic carbocycles. The third-order valence-electron chi connectivity index (χ3n) is 1.77. The van der Waals surface area contributed by atoms with Crippen LogP contribution >= 0.6 is 0 Å². The molecular weight excluding hydrogens is 181 g/mol. The summed E-state index contributed by atoms with van der Waals surface area (Å²) in [6.07, 6.45) is 3.89. The molecule has 14 heavy (non-hydrogen) atoms. The van der Waals surface area contributed by atoms with Crippen LogP contribution in [0.15, 0.2) is 30.4 Å². The standard InChI is InChI=1S/C11H14FNO/c1-3-4-5-13-10-6-9(12)7-11(8-10)14-2/h3-4,6-8,13H,5H2,1-2H3/b4-3+. The second-order valence-electron chi connectivity index (χ2n) is 2.83. The van der Waals surface area contributed by atoms with Crippen molar-refractivity contribution in [1.82, 2.24) is 0 Å². The van der Waals surface area contributed by atoms with E-state index in [9.17, 15) is 4.39 Å². The maximum atomic E-state index is 13.0. The van der Waals surface area contributed by atoms with Crippen molar-refractivity contribution < 1.29 is 9.13 Å². The van der Waals surface area contributed by atoms with Crippen molar-refractivity contribution in [1.29, 1.82) is 0 Å². The molecule has 0 heterocycles. The molecule has 0 spiro atoms. The molecule has 0 amide bonds. The third kappa shape index (κ3) is 3.09. The van der Waals surface area contributed by atoms with Crippen molar-refractivity contribution in [3.05, 3.63) is 36.2 Å². The first kappa shape index (κ1) is 10.6. The lowest BCUT2D eigenvalue weighted by molar-refractivity contribution is 0.411. The summed E-state index contributed by atoms with van der Waals surface area (Å²) < 4.78 is 17.9. The monoisotopic (exact) mass is 195 g/mol. The minimum Gasteiger partial charge on any atom is -0.497 e. The number of anilines is 1. The Labute approximate surface area is 83.4 Å². The zero-order chi connectivity index (χ0) is 10.4. The van der Waals surface area contributed by atoms with Gasteiger partial charge in [0, 0.05) is 24.4 Å². The minimum absolute atomic E-state index is 0.299. The maximum Gasteiger partial charge on any atom is 0.128 e. The molecule has 1 N–H and O–H groups in total. The lowest BCUT2D eigenvalue weighted by Crippen LogP contribution is -1.98. The molecule has 76 valence electrons. The quantitative estimate of drug-likeness (QED) is 0.746. The highest BCUT2D eigenvalue weighted by Crippen LogP contribution is 2.19. The highest BCUT2D eigenvalue weighted by atomic mass is 19.1. The van der Waals surface area contributed by atoms with E-state index in [1.54, 1.807) is 6.07 Å². The number of halogens is 1. The first-order valence-corrected chi connectivity index (χ1v) is 4.46. The molecule has 2 nitrogen and oxygen atoms in total. The maximum absolute atomic E-state index is 13.0. The second kappa shape index (κ2) is 5.27. The summed E-state index contributed by atoms with van der Waals surface area (Å²) in [5.41, 5.74) is 0.722. The van der Waals surface area contributed by atoms with Crippen molar-refractivity contribution in [3.63, 3.8) is 0 Å². The molecule has 1 rings (SSSR count). The lowest BCUT2D eigenvalue weighted by Gasteiger charge is -2.06. The molecule has 1 aromatic rings. The van der Waals surface area contributed by atoms with Gasteiger partial charge in [-0.05, 0) is 13.0 Å². The van der Waals surface area contributed by atoms with Gasteiger partial charge in [-0.1, -0.05) is 12.2 Å². The molecule has 0 bridgehead atoms. The van der Waals surface area contributed by atoms with E-state index >= 15 is 0 Å². The predicted molar refractivity (Wildman–Crippen MR) is 56.3 cm³/mol. The lowest BCUT2D eigenvalue weighted by atomic mass is 10.3. The molecule has 0 unspecified atom stereocenters. The van der Waals surface area contributed by atoms with Gasteiger partial charge >= 0.3 is 0 Å². The molecule has 0 aromatic heterocycles. The molecule has 0 saturated heterocycles. The number of rotatable bonds is 4. The van der Waals surface area contributed by atoms with Gasteiger partial charge < -0.3 is 10.1 Å². The average molecular weight is 195 g/mol. The van der Waals surface area contributed by atoms with Crippen molar-refractivity contribution in [2.24, 2.45) is 0 Å². The highest BCUT2D eigenvalue weighted by molar-refractivity contribution is 5.49. The van der Waals surface area contributed by atoms with E-state index in [2.05, 4.69) is 5.32 Å². The van der Waals surface area contributed by atoms with Crippen LogP contribution in [0.25, 0.3) is 0 Å². The Morgan fingerprint density at radius 3 is 2.86 bits per heavy atom. The smallest absolute Gasteiger partial charge is 0.128 e. The van der Waals surface area contributed by atoms with Crippen LogP contribution in [0.2, 0.25) is 0 Å². The van der Waals surface area contributed by atoms with Crippen LogP contribution in [0.4, 0.5) is 10.1 Å². The summed E-state index contributed by atoms with van der Waals surface area (Å²) in [6.45, 7) is 2.62. The highest BCUT2D eigenvalue weighted by Gasteiger charge is 1.99. The molecular formula is C11H14FNO. The molecule has 0 aliphatic rings. The number of nitrogens with one attached hydrogen (secondary N) is 1. The van der Waals surface area contributed by atoms with Gasteiger partial charge in [0.1, 0.15) is 11.6 Å². The van der Waals surface area contributed by atoms with Crippen LogP contribution < -0.4 is 10.1 Å². The molecule has 0 fully saturated rings. The average Bonchev–Trinajstić information content (AvgIpc) is 2.17. The first-order valence-electron chi connectivity index (χ1n) is 4.46. The normalized spacial score (nSPS) is 10.5. The zero-order valence-electron chi connectivity index (χ0n) is 8.38. The Balaban J connectivity index is 2.71. The SMILES string of the molecule is C/C=C/CNc1cc(F)cc(OC)c1. The van der Waals surface area contributed by atoms with E-state index in [0.717, 1.165) is 5.69 Å². The van der Waals surface area contributed by atoms with E-state index in [4.69, 9.17) is 4.74 Å². The summed E-state index contributed by atoms with van der Waals surface area (Å²) >= 11 is 0. The fourth-order valence-corrected chi connectivity index (χ4v) is 1.08. The summed E-state index contributed by atoms with van der Waals surface area (Å²) in [6, 6.07) is 4.54. The second-order valence-corrected chi connectivity index (χ2v) is 2.83. The van der Waals surface area contributed by atoms with Gasteiger partial charge in [-0.2, -0.15) is 0 Å². The van der Waals surface area contributed by atoms with Crippen LogP contribution in [0.3, 0.4) is 0 Å². The summed E-state index contributed by atoms with van der Waals surface area (Å²) in [5.74, 6) is 0.223. The van der Waals surface area contributed by atoms with Crippen LogP contribution in [-0.4, -0.2) is 13.7 Å². The fraction of sp³-hybridized carbons (Fsp3) is 0.273. The molecule has 0 aliphatic heterocycles. The predicted octanol–water partition coefficient (Wildman–Crippen LogP) is 2.82. The number of hydrogen-bond acceptors (Lipinski definition) is 2. The molecule has 0 aliphatic carbocycles. The molecule has 3 heteroatoms. The van der Waals surface area contributed by atoms with Crippen molar-refractivity contribution in [3.8, 4) is 5.75 Å². The first-order chi connectivity index (χ1) is 6.76. The van der Waals surface area contributed by atoms with Gasteiger partial charge in [0.2, 0.25) is 0 Å². The summed E-state index contributed by atoms with van der Waals surface area (Å²) in [5, 5.41) is 3.05. The molecule has 0 radical (unpaired) electrons. The Bertz CT molecular complexity index is 323. The van der Waals surface area contributed by atoms with E-state index in [-0.39, 0.29) is 5.82 Å². The van der Waals surface area contributed by atoms with Crippen LogP contribution in [0, 0.1) is 5.82 Å². The number of allylic oxidation sites excluding steroid dienone is 1. The Kier molecular flexibility index (Phi) is 3.98. The number of benzene rings is 1. The minimum atomic E-state index is -0.299. The number of hydrogen-bond donors (Lipinski definition) is 1. The fourth-order valence-electron chi connectivity index (χ4n) is 1.08. The van der Waals surface area contributed by atoms with Crippen molar-refractivity contribution in [2.75, 3.05) is 19.0 Å². The third-order valence-corrected chi connectivity index (χ3v) is 1.77. The molecule has 0 atom stereocenters. The number of ether oxygens (including phenoxy) is 1. The van der Waals surface area contributed by atoms with Crippen LogP contribution in [-0.2, 0) is 0 Å². The Morgan fingerprint density at radius 2 is 2.21 bits per heavy atom. The van der Waals surface area contributed by atoms with Gasteiger partial charge in [0.15, 0.2) is 0 Å². The van der Waals surface area contributed by atoms with Crippen molar-refractivity contribution in [2.45, 2.75) is 6.92 Å². The van der Waals surface area contributed by atoms with Gasteiger partial charge in [0.25, 0.3) is 0 Å². The van der Waals surface area contributed by atoms with Crippen molar-refractivity contribution >= 4 is 5.69 Å². The number of methoxy groups -OCH3 is 1. The Morgan fingerprint density at radius 1 is 1.43 bits per heavy atom. The topological polar surface area (TPSA) is 21.3 Å². The summed E-state index contributed by atoms with van der Waals surface area (Å²) in [7, 11) is 1.52. The Hall–Kier alpha value is -1.51. The van der Waals surface area contributed by atoms with Gasteiger partial charge in [-0.15, -0.1) is 0 Å².